The van der Waals surface area contributed by atoms with Crippen molar-refractivity contribution in [3.63, 3.8) is 0 Å². The molecule has 0 spiro atoms. The van der Waals surface area contributed by atoms with E-state index in [2.05, 4.69) is 31.7 Å². The molecule has 1 aromatic heterocycles. The lowest BCUT2D eigenvalue weighted by molar-refractivity contribution is 1.13. The van der Waals surface area contributed by atoms with Gasteiger partial charge in [0.15, 0.2) is 14.6 Å². The van der Waals surface area contributed by atoms with Gasteiger partial charge in [0.05, 0.1) is 0 Å². The molecule has 0 unspecified atom stereocenters. The Balaban J connectivity index is 2.97. The average molecular weight is 132 g/mol. The van der Waals surface area contributed by atoms with Crippen LogP contribution in [0.3, 0.4) is 0 Å². The molecule has 0 bridgehead atoms. The van der Waals surface area contributed by atoms with E-state index < -0.39 is 0 Å². The minimum absolute atomic E-state index is 1.03. The van der Waals surface area contributed by atoms with Crippen LogP contribution >= 0.6 is 0 Å². The Kier molecular flexibility index (Phi) is 2.25. The number of aromatic amines is 1. The Hall–Kier alpha value is -0.595. The fourth-order valence-corrected chi connectivity index (χ4v) is 1.17. The van der Waals surface area contributed by atoms with Gasteiger partial charge in [-0.15, -0.1) is 0 Å². The third kappa shape index (κ3) is 1.13. The largest absolute Gasteiger partial charge is 0.293 e. The maximum absolute atomic E-state index is 4.18. The summed E-state index contributed by atoms with van der Waals surface area (Å²) in [4.78, 5) is 0. The van der Waals surface area contributed by atoms with Crippen molar-refractivity contribution in [1.29, 1.82) is 0 Å². The van der Waals surface area contributed by atoms with E-state index >= 15 is 0 Å². The van der Waals surface area contributed by atoms with Crippen molar-refractivity contribution in [2.45, 2.75) is 13.6 Å². The van der Waals surface area contributed by atoms with E-state index in [-0.39, 0.29) is 0 Å². The van der Waals surface area contributed by atoms with Crippen molar-refractivity contribution >= 4 is 39.1 Å². The standard InChI is InChI=1S/C5H11B3N2/c1-7-4-3(6)5(8-2)10-9-4/h7-8H,6H2,1-2H3,(H,9,10). The highest BCUT2D eigenvalue weighted by molar-refractivity contribution is 6.66. The number of aromatic nitrogens is 2. The van der Waals surface area contributed by atoms with Gasteiger partial charge in [-0.1, -0.05) is 19.1 Å². The molecule has 1 rings (SSSR count). The molecule has 0 atom stereocenters. The van der Waals surface area contributed by atoms with Crippen molar-refractivity contribution in [2.24, 2.45) is 0 Å². The summed E-state index contributed by atoms with van der Waals surface area (Å²) < 4.78 is 0. The minimum Gasteiger partial charge on any atom is -0.293 e. The van der Waals surface area contributed by atoms with Gasteiger partial charge in [-0.2, -0.15) is 5.10 Å². The van der Waals surface area contributed by atoms with Gasteiger partial charge in [0, 0.05) is 5.59 Å². The third-order valence-corrected chi connectivity index (χ3v) is 1.90. The van der Waals surface area contributed by atoms with Gasteiger partial charge in [0.1, 0.15) is 7.85 Å². The van der Waals surface area contributed by atoms with Gasteiger partial charge in [-0.25, -0.2) is 0 Å². The highest BCUT2D eigenvalue weighted by Gasteiger charge is 2.04. The molecular weight excluding hydrogens is 121 g/mol. The van der Waals surface area contributed by atoms with E-state index in [4.69, 9.17) is 0 Å². The summed E-state index contributed by atoms with van der Waals surface area (Å²) in [6.45, 7) is 4.27. The van der Waals surface area contributed by atoms with E-state index in [9.17, 15) is 0 Å². The molecule has 0 aromatic carbocycles. The Morgan fingerprint density at radius 1 is 1.40 bits per heavy atom. The molecular formula is C5H11B3N2. The first kappa shape index (κ1) is 7.51. The summed E-state index contributed by atoms with van der Waals surface area (Å²) >= 11 is 0. The maximum atomic E-state index is 4.18. The molecule has 5 heteroatoms. The molecule has 0 aliphatic carbocycles. The van der Waals surface area contributed by atoms with Crippen LogP contribution in [-0.4, -0.2) is 32.6 Å². The number of H-pyrrole nitrogens is 1. The van der Waals surface area contributed by atoms with Crippen LogP contribution in [-0.2, 0) is 0 Å². The lowest BCUT2D eigenvalue weighted by Crippen LogP contribution is -2.38. The molecule has 2 nitrogen and oxygen atoms in total. The monoisotopic (exact) mass is 132 g/mol. The van der Waals surface area contributed by atoms with E-state index in [1.165, 1.54) is 16.6 Å². The molecule has 10 heavy (non-hydrogen) atoms. The SMILES string of the molecule is Bc1c(BC)n[nH]c1BC. The van der Waals surface area contributed by atoms with Crippen molar-refractivity contribution in [2.75, 3.05) is 0 Å². The van der Waals surface area contributed by atoms with Gasteiger partial charge >= 0.3 is 0 Å². The smallest absolute Gasteiger partial charge is 0.180 e. The molecule has 0 radical (unpaired) electrons. The zero-order valence-corrected chi connectivity index (χ0v) is 6.86. The fraction of sp³-hybridized carbons (Fsp3) is 0.400. The van der Waals surface area contributed by atoms with E-state index in [0.717, 1.165) is 14.6 Å². The summed E-state index contributed by atoms with van der Waals surface area (Å²) in [6.07, 6.45) is 0. The number of nitrogens with zero attached hydrogens (tertiary/aromatic N) is 1. The first-order valence-corrected chi connectivity index (χ1v) is 3.82. The Morgan fingerprint density at radius 3 is 2.40 bits per heavy atom. The molecule has 1 N–H and O–H groups in total. The van der Waals surface area contributed by atoms with Gasteiger partial charge in [-0.05, 0) is 5.59 Å². The summed E-state index contributed by atoms with van der Waals surface area (Å²) in [6, 6.07) is 0. The van der Waals surface area contributed by atoms with Crippen LogP contribution in [0.2, 0.25) is 13.6 Å². The topological polar surface area (TPSA) is 28.7 Å². The molecule has 0 amide bonds. The normalized spacial score (nSPS) is 9.40. The van der Waals surface area contributed by atoms with Gasteiger partial charge in [0.2, 0.25) is 0 Å². The van der Waals surface area contributed by atoms with E-state index in [1.54, 1.807) is 0 Å². The summed E-state index contributed by atoms with van der Waals surface area (Å²) in [5.41, 5.74) is 3.82. The zero-order chi connectivity index (χ0) is 7.56. The molecule has 0 aliphatic heterocycles. The van der Waals surface area contributed by atoms with Gasteiger partial charge < -0.3 is 0 Å². The van der Waals surface area contributed by atoms with Crippen molar-refractivity contribution < 1.29 is 0 Å². The second-order valence-corrected chi connectivity index (χ2v) is 2.48. The molecule has 0 saturated heterocycles. The van der Waals surface area contributed by atoms with Gasteiger partial charge in [0.25, 0.3) is 0 Å². The molecule has 0 fully saturated rings. The summed E-state index contributed by atoms with van der Waals surface area (Å²) in [5.74, 6) is 0. The Labute approximate surface area is 63.7 Å². The quantitative estimate of drug-likeness (QED) is 0.423. The van der Waals surface area contributed by atoms with E-state index in [1.807, 2.05) is 0 Å². The van der Waals surface area contributed by atoms with Crippen LogP contribution < -0.4 is 16.6 Å². The van der Waals surface area contributed by atoms with Crippen LogP contribution in [0.4, 0.5) is 0 Å². The summed E-state index contributed by atoms with van der Waals surface area (Å²) in [5, 5.41) is 7.20. The highest BCUT2D eigenvalue weighted by Crippen LogP contribution is 1.63. The lowest BCUT2D eigenvalue weighted by atomic mass is 9.65. The maximum Gasteiger partial charge on any atom is 0.180 e. The molecule has 50 valence electrons. The first-order valence-electron chi connectivity index (χ1n) is 3.82. The highest BCUT2D eigenvalue weighted by atomic mass is 15.1. The summed E-state index contributed by atoms with van der Waals surface area (Å²) in [7, 11) is 4.21. The van der Waals surface area contributed by atoms with Crippen LogP contribution in [0.1, 0.15) is 0 Å². The number of hydrogen-bond acceptors (Lipinski definition) is 1. The number of rotatable bonds is 2. The first-order chi connectivity index (χ1) is 4.79. The minimum atomic E-state index is 1.03. The number of nitrogens with one attached hydrogen (secondary N) is 1. The Morgan fingerprint density at radius 2 is 2.10 bits per heavy atom. The van der Waals surface area contributed by atoms with Crippen LogP contribution in [0.15, 0.2) is 0 Å². The second-order valence-electron chi connectivity index (χ2n) is 2.48. The van der Waals surface area contributed by atoms with Crippen LogP contribution in [0, 0.1) is 0 Å². The molecule has 1 aromatic rings. The fourth-order valence-electron chi connectivity index (χ4n) is 1.17. The lowest BCUT2D eigenvalue weighted by Gasteiger charge is -1.91. The van der Waals surface area contributed by atoms with Crippen LogP contribution in [0.25, 0.3) is 0 Å². The Bertz CT molecular complexity index is 199. The second kappa shape index (κ2) is 2.99. The van der Waals surface area contributed by atoms with Crippen LogP contribution in [0.5, 0.6) is 0 Å². The molecule has 1 heterocycles. The van der Waals surface area contributed by atoms with Crippen molar-refractivity contribution in [1.82, 2.24) is 10.2 Å². The molecule has 0 aliphatic rings. The predicted molar refractivity (Wildman–Crippen MR) is 52.1 cm³/mol. The molecule has 0 saturated carbocycles. The zero-order valence-electron chi connectivity index (χ0n) is 6.86. The van der Waals surface area contributed by atoms with Crippen molar-refractivity contribution in [3.8, 4) is 0 Å². The van der Waals surface area contributed by atoms with E-state index in [0.29, 0.717) is 0 Å². The average Bonchev–Trinajstić information content (AvgIpc) is 2.30. The number of hydrogen-bond donors (Lipinski definition) is 1. The third-order valence-electron chi connectivity index (χ3n) is 1.90. The van der Waals surface area contributed by atoms with Crippen molar-refractivity contribution in [3.05, 3.63) is 0 Å². The van der Waals surface area contributed by atoms with Gasteiger partial charge in [-0.3, -0.25) is 5.10 Å². The predicted octanol–water partition coefficient (Wildman–Crippen LogP) is -3.11.